The first-order valence-corrected chi connectivity index (χ1v) is 5.69. The lowest BCUT2D eigenvalue weighted by atomic mass is 9.65. The molecular weight excluding hydrogens is 178 g/mol. The van der Waals surface area contributed by atoms with Crippen LogP contribution in [0.15, 0.2) is 0 Å². The molecule has 2 heterocycles. The predicted molar refractivity (Wildman–Crippen MR) is 54.6 cm³/mol. The van der Waals surface area contributed by atoms with Gasteiger partial charge < -0.3 is 10.2 Å². The number of piperidine rings is 2. The van der Waals surface area contributed by atoms with Crippen LogP contribution < -0.4 is 0 Å². The van der Waals surface area contributed by atoms with Crippen LogP contribution in [0.25, 0.3) is 0 Å². The number of nitrogens with zero attached hydrogens (tertiary/aromatic N) is 1. The first kappa shape index (κ1) is 10.4. The molecular formula is C11H21NO2. The SMILES string of the molecule is CCC1CC2CC(CO)C1N(C)C2O. The van der Waals surface area contributed by atoms with Crippen molar-refractivity contribution >= 4 is 0 Å². The molecule has 2 saturated heterocycles. The molecule has 82 valence electrons. The molecule has 0 radical (unpaired) electrons. The molecule has 3 nitrogen and oxygen atoms in total. The third-order valence-electron chi connectivity index (χ3n) is 4.25. The minimum Gasteiger partial charge on any atom is -0.396 e. The van der Waals surface area contributed by atoms with Crippen molar-refractivity contribution in [3.8, 4) is 0 Å². The smallest absolute Gasteiger partial charge is 0.110 e. The molecule has 2 aliphatic heterocycles. The van der Waals surface area contributed by atoms with E-state index in [2.05, 4.69) is 11.8 Å². The average molecular weight is 199 g/mol. The average Bonchev–Trinajstić information content (AvgIpc) is 2.23. The van der Waals surface area contributed by atoms with Crippen molar-refractivity contribution in [3.05, 3.63) is 0 Å². The maximum absolute atomic E-state index is 9.94. The maximum atomic E-state index is 9.94. The van der Waals surface area contributed by atoms with Gasteiger partial charge in [0.25, 0.3) is 0 Å². The van der Waals surface area contributed by atoms with Gasteiger partial charge in [0.2, 0.25) is 0 Å². The van der Waals surface area contributed by atoms with Crippen LogP contribution in [0, 0.1) is 17.8 Å². The van der Waals surface area contributed by atoms with Crippen molar-refractivity contribution in [1.29, 1.82) is 0 Å². The molecule has 0 aromatic rings. The van der Waals surface area contributed by atoms with Gasteiger partial charge in [0.15, 0.2) is 0 Å². The summed E-state index contributed by atoms with van der Waals surface area (Å²) < 4.78 is 0. The predicted octanol–water partition coefficient (Wildman–Crippen LogP) is 0.663. The zero-order chi connectivity index (χ0) is 10.3. The lowest BCUT2D eigenvalue weighted by molar-refractivity contribution is -0.167. The number of hydrogen-bond acceptors (Lipinski definition) is 3. The zero-order valence-corrected chi connectivity index (χ0v) is 9.06. The fraction of sp³-hybridized carbons (Fsp3) is 1.00. The zero-order valence-electron chi connectivity index (χ0n) is 9.06. The van der Waals surface area contributed by atoms with Crippen LogP contribution in [-0.4, -0.2) is 41.0 Å². The van der Waals surface area contributed by atoms with Crippen molar-refractivity contribution in [2.24, 2.45) is 17.8 Å². The Labute approximate surface area is 85.7 Å². The third kappa shape index (κ3) is 1.38. The van der Waals surface area contributed by atoms with Gasteiger partial charge >= 0.3 is 0 Å². The Bertz CT molecular complexity index is 191. The number of fused-ring (bicyclic) bond motifs is 3. The van der Waals surface area contributed by atoms with Crippen LogP contribution in [0.2, 0.25) is 0 Å². The van der Waals surface area contributed by atoms with Crippen LogP contribution in [0.3, 0.4) is 0 Å². The highest BCUT2D eigenvalue weighted by Gasteiger charge is 2.48. The van der Waals surface area contributed by atoms with E-state index in [1.54, 1.807) is 0 Å². The van der Waals surface area contributed by atoms with E-state index >= 15 is 0 Å². The molecule has 1 aliphatic carbocycles. The van der Waals surface area contributed by atoms with Crippen molar-refractivity contribution in [2.45, 2.75) is 38.5 Å². The van der Waals surface area contributed by atoms with Gasteiger partial charge in [0.05, 0.1) is 0 Å². The first-order chi connectivity index (χ1) is 6.69. The Morgan fingerprint density at radius 1 is 1.29 bits per heavy atom. The van der Waals surface area contributed by atoms with Crippen LogP contribution in [0.5, 0.6) is 0 Å². The minimum atomic E-state index is -0.273. The Hall–Kier alpha value is -0.120. The normalized spacial score (nSPS) is 48.4. The molecule has 2 bridgehead atoms. The quantitative estimate of drug-likeness (QED) is 0.687. The second-order valence-electron chi connectivity index (χ2n) is 4.91. The number of hydrogen-bond donors (Lipinski definition) is 2. The van der Waals surface area contributed by atoms with Crippen LogP contribution in [0.4, 0.5) is 0 Å². The summed E-state index contributed by atoms with van der Waals surface area (Å²) in [5, 5.41) is 19.3. The highest BCUT2D eigenvalue weighted by Crippen LogP contribution is 2.45. The fourth-order valence-corrected chi connectivity index (χ4v) is 3.55. The summed E-state index contributed by atoms with van der Waals surface area (Å²) in [5.41, 5.74) is 0. The Morgan fingerprint density at radius 3 is 2.43 bits per heavy atom. The molecule has 5 unspecified atom stereocenters. The lowest BCUT2D eigenvalue weighted by Crippen LogP contribution is -2.61. The van der Waals surface area contributed by atoms with Gasteiger partial charge in [-0.05, 0) is 37.6 Å². The van der Waals surface area contributed by atoms with Gasteiger partial charge in [0, 0.05) is 12.6 Å². The summed E-state index contributed by atoms with van der Waals surface area (Å²) in [6.07, 6.45) is 3.03. The topological polar surface area (TPSA) is 43.7 Å². The van der Waals surface area contributed by atoms with Crippen LogP contribution in [0.1, 0.15) is 26.2 Å². The molecule has 3 aliphatic rings. The molecule has 3 fully saturated rings. The summed E-state index contributed by atoms with van der Waals surface area (Å²) in [7, 11) is 1.99. The van der Waals surface area contributed by atoms with E-state index in [1.807, 2.05) is 7.05 Å². The van der Waals surface area contributed by atoms with Gasteiger partial charge in [0.1, 0.15) is 6.23 Å². The van der Waals surface area contributed by atoms with Crippen molar-refractivity contribution < 1.29 is 10.2 Å². The van der Waals surface area contributed by atoms with Gasteiger partial charge in [-0.3, -0.25) is 4.90 Å². The fourth-order valence-electron chi connectivity index (χ4n) is 3.55. The summed E-state index contributed by atoms with van der Waals surface area (Å²) in [6, 6.07) is 0.394. The van der Waals surface area contributed by atoms with Crippen molar-refractivity contribution in [3.63, 3.8) is 0 Å². The van der Waals surface area contributed by atoms with Crippen LogP contribution >= 0.6 is 0 Å². The number of aliphatic hydroxyl groups excluding tert-OH is 2. The standard InChI is InChI=1S/C11H21NO2/c1-3-7-4-8-5-9(6-13)10(7)12(2)11(8)14/h7-11,13-14H,3-6H2,1-2H3. The summed E-state index contributed by atoms with van der Waals surface area (Å²) in [6.45, 7) is 2.48. The van der Waals surface area contributed by atoms with E-state index in [1.165, 1.54) is 0 Å². The molecule has 5 atom stereocenters. The van der Waals surface area contributed by atoms with E-state index in [0.717, 1.165) is 19.3 Å². The highest BCUT2D eigenvalue weighted by atomic mass is 16.3. The van der Waals surface area contributed by atoms with Gasteiger partial charge in [-0.2, -0.15) is 0 Å². The molecule has 0 spiro atoms. The molecule has 1 saturated carbocycles. The van der Waals surface area contributed by atoms with E-state index in [0.29, 0.717) is 23.8 Å². The first-order valence-electron chi connectivity index (χ1n) is 5.69. The molecule has 3 heteroatoms. The summed E-state index contributed by atoms with van der Waals surface area (Å²) >= 11 is 0. The molecule has 14 heavy (non-hydrogen) atoms. The molecule has 0 amide bonds. The Balaban J connectivity index is 2.18. The Kier molecular flexibility index (Phi) is 2.82. The molecule has 0 aromatic carbocycles. The summed E-state index contributed by atoms with van der Waals surface area (Å²) in [4.78, 5) is 2.08. The summed E-state index contributed by atoms with van der Waals surface area (Å²) in [5.74, 6) is 1.43. The monoisotopic (exact) mass is 199 g/mol. The highest BCUT2D eigenvalue weighted by molar-refractivity contribution is 4.98. The minimum absolute atomic E-state index is 0.273. The van der Waals surface area contributed by atoms with Gasteiger partial charge in [-0.15, -0.1) is 0 Å². The maximum Gasteiger partial charge on any atom is 0.110 e. The van der Waals surface area contributed by atoms with E-state index < -0.39 is 0 Å². The molecule has 0 aromatic heterocycles. The second kappa shape index (κ2) is 3.80. The van der Waals surface area contributed by atoms with E-state index in [-0.39, 0.29) is 12.8 Å². The van der Waals surface area contributed by atoms with Gasteiger partial charge in [-0.25, -0.2) is 0 Å². The molecule has 2 N–H and O–H groups in total. The lowest BCUT2D eigenvalue weighted by Gasteiger charge is -2.55. The van der Waals surface area contributed by atoms with Crippen molar-refractivity contribution in [1.82, 2.24) is 4.90 Å². The Morgan fingerprint density at radius 2 is 1.93 bits per heavy atom. The largest absolute Gasteiger partial charge is 0.396 e. The van der Waals surface area contributed by atoms with Crippen molar-refractivity contribution in [2.75, 3.05) is 13.7 Å². The van der Waals surface area contributed by atoms with E-state index in [9.17, 15) is 10.2 Å². The number of rotatable bonds is 2. The van der Waals surface area contributed by atoms with Gasteiger partial charge in [-0.1, -0.05) is 13.3 Å². The number of aliphatic hydroxyl groups is 2. The van der Waals surface area contributed by atoms with E-state index in [4.69, 9.17) is 0 Å². The van der Waals surface area contributed by atoms with Crippen LogP contribution in [-0.2, 0) is 0 Å². The second-order valence-corrected chi connectivity index (χ2v) is 4.91. The molecule has 3 rings (SSSR count). The third-order valence-corrected chi connectivity index (χ3v) is 4.25.